The summed E-state index contributed by atoms with van der Waals surface area (Å²) in [6.07, 6.45) is -2.53. The summed E-state index contributed by atoms with van der Waals surface area (Å²) in [5.41, 5.74) is 8.99. The van der Waals surface area contributed by atoms with Gasteiger partial charge in [-0.15, -0.1) is 0 Å². The van der Waals surface area contributed by atoms with Gasteiger partial charge in [0.05, 0.1) is 0 Å². The minimum absolute atomic E-state index is 0.179. The van der Waals surface area contributed by atoms with Crippen LogP contribution in [-0.2, 0) is 10.8 Å². The Morgan fingerprint density at radius 3 is 1.62 bits per heavy atom. The van der Waals surface area contributed by atoms with Gasteiger partial charge < -0.3 is 0 Å². The lowest BCUT2D eigenvalue weighted by molar-refractivity contribution is 0.353. The van der Waals surface area contributed by atoms with Gasteiger partial charge in [0.1, 0.15) is 0 Å². The van der Waals surface area contributed by atoms with E-state index in [4.69, 9.17) is 15.0 Å². The lowest BCUT2D eigenvalue weighted by atomic mass is 9.67. The van der Waals surface area contributed by atoms with Crippen molar-refractivity contribution in [1.82, 2.24) is 15.0 Å². The average molecular weight is 586 g/mol. The highest BCUT2D eigenvalue weighted by molar-refractivity contribution is 5.85. The van der Waals surface area contributed by atoms with Gasteiger partial charge in [-0.05, 0) is 69.4 Å². The second-order valence-corrected chi connectivity index (χ2v) is 12.9. The van der Waals surface area contributed by atoms with E-state index in [0.29, 0.717) is 35.0 Å². The van der Waals surface area contributed by atoms with Crippen molar-refractivity contribution < 1.29 is 5.48 Å². The number of benzene rings is 5. The van der Waals surface area contributed by atoms with Crippen LogP contribution in [0.3, 0.4) is 0 Å². The molecular formula is C42H35N3. The fourth-order valence-corrected chi connectivity index (χ4v) is 7.70. The van der Waals surface area contributed by atoms with E-state index in [0.717, 1.165) is 27.8 Å². The van der Waals surface area contributed by atoms with E-state index in [2.05, 4.69) is 56.3 Å². The molecule has 3 aliphatic carbocycles. The number of aromatic nitrogens is 3. The predicted molar refractivity (Wildman–Crippen MR) is 183 cm³/mol. The molecule has 1 spiro atoms. The van der Waals surface area contributed by atoms with Gasteiger partial charge in [-0.1, -0.05) is 136 Å². The molecule has 0 N–H and O–H groups in total. The van der Waals surface area contributed by atoms with E-state index in [9.17, 15) is 5.48 Å². The Kier molecular flexibility index (Phi) is 4.92. The molecule has 1 heterocycles. The first-order valence-corrected chi connectivity index (χ1v) is 15.8. The van der Waals surface area contributed by atoms with Gasteiger partial charge in [0.25, 0.3) is 0 Å². The molecule has 6 aromatic rings. The van der Waals surface area contributed by atoms with Crippen LogP contribution in [0.5, 0.6) is 0 Å². The summed E-state index contributed by atoms with van der Waals surface area (Å²) in [5, 5.41) is 0. The zero-order valence-corrected chi connectivity index (χ0v) is 25.4. The highest BCUT2D eigenvalue weighted by Crippen LogP contribution is 2.56. The van der Waals surface area contributed by atoms with Crippen LogP contribution in [0.1, 0.15) is 73.6 Å². The second-order valence-electron chi connectivity index (χ2n) is 12.9. The van der Waals surface area contributed by atoms with Crippen molar-refractivity contribution in [3.63, 3.8) is 0 Å². The lowest BCUT2D eigenvalue weighted by Gasteiger charge is -2.36. The molecule has 1 aromatic heterocycles. The largest absolute Gasteiger partial charge is 0.208 e. The highest BCUT2D eigenvalue weighted by atomic mass is 15.0. The van der Waals surface area contributed by atoms with E-state index in [1.165, 1.54) is 22.3 Å². The van der Waals surface area contributed by atoms with Crippen LogP contribution in [0.25, 0.3) is 56.4 Å². The summed E-state index contributed by atoms with van der Waals surface area (Å²) in [6.45, 7) is 4.52. The second kappa shape index (κ2) is 9.81. The van der Waals surface area contributed by atoms with Crippen molar-refractivity contribution in [2.75, 3.05) is 0 Å². The highest BCUT2D eigenvalue weighted by Gasteiger charge is 2.43. The van der Waals surface area contributed by atoms with Gasteiger partial charge in [-0.25, -0.2) is 15.0 Å². The summed E-state index contributed by atoms with van der Waals surface area (Å²) >= 11 is 0. The number of fused-ring (bicyclic) bond motifs is 8. The van der Waals surface area contributed by atoms with Gasteiger partial charge in [0, 0.05) is 33.0 Å². The smallest absolute Gasteiger partial charge is 0.164 e. The molecule has 45 heavy (non-hydrogen) atoms. The maximum absolute atomic E-state index is 9.38. The van der Waals surface area contributed by atoms with Gasteiger partial charge in [0.15, 0.2) is 17.5 Å². The Bertz CT molecular complexity index is 2300. The minimum atomic E-state index is -1.80. The molecule has 218 valence electrons. The number of hydrogen-bond donors (Lipinski definition) is 0. The predicted octanol–water partition coefficient (Wildman–Crippen LogP) is 10.4. The molecule has 3 aliphatic rings. The fourth-order valence-electron chi connectivity index (χ4n) is 7.70. The quantitative estimate of drug-likeness (QED) is 0.207. The summed E-state index contributed by atoms with van der Waals surface area (Å²) in [4.78, 5) is 15.1. The zero-order chi connectivity index (χ0) is 33.8. The fraction of sp³-hybridized carbons (Fsp3) is 0.214. The van der Waals surface area contributed by atoms with Gasteiger partial charge in [-0.2, -0.15) is 0 Å². The van der Waals surface area contributed by atoms with Crippen LogP contribution in [-0.4, -0.2) is 15.0 Å². The Morgan fingerprint density at radius 1 is 0.467 bits per heavy atom. The standard InChI is InChI=1S/C42H35N3/c1-41(2)34-17-9-7-15-30(34)32-21-19-28(25-36(32)41)39-43-38(27-13-5-3-6-14-27)44-40(45-39)29-20-22-33-31-16-8-10-18-35(31)42(37(33)26-29)23-11-4-12-24-42/h3,5-10,13-22,25-26H,4,11-12,23-24H2,1-2H3/i23D2,24D2. The van der Waals surface area contributed by atoms with Crippen molar-refractivity contribution in [2.24, 2.45) is 0 Å². The molecule has 1 fully saturated rings. The molecular weight excluding hydrogens is 546 g/mol. The molecule has 0 unspecified atom stereocenters. The molecule has 0 aliphatic heterocycles. The molecule has 3 heteroatoms. The van der Waals surface area contributed by atoms with Crippen LogP contribution < -0.4 is 0 Å². The van der Waals surface area contributed by atoms with E-state index in [1.54, 1.807) is 0 Å². The monoisotopic (exact) mass is 585 g/mol. The third kappa shape index (κ3) is 3.93. The van der Waals surface area contributed by atoms with Crippen LogP contribution in [0, 0.1) is 0 Å². The Labute approximate surface area is 270 Å². The Hall–Kier alpha value is -4.89. The third-order valence-corrected chi connectivity index (χ3v) is 9.95. The van der Waals surface area contributed by atoms with E-state index in [1.807, 2.05) is 72.8 Å². The molecule has 0 atom stereocenters. The molecule has 5 aromatic carbocycles. The zero-order valence-electron chi connectivity index (χ0n) is 29.4. The summed E-state index contributed by atoms with van der Waals surface area (Å²) in [5.74, 6) is 1.57. The first-order valence-electron chi connectivity index (χ1n) is 17.8. The van der Waals surface area contributed by atoms with E-state index < -0.39 is 18.2 Å². The maximum atomic E-state index is 9.38. The van der Waals surface area contributed by atoms with Crippen LogP contribution in [0.2, 0.25) is 0 Å². The molecule has 0 amide bonds. The summed E-state index contributed by atoms with van der Waals surface area (Å²) in [6, 6.07) is 38.6. The minimum Gasteiger partial charge on any atom is -0.208 e. The van der Waals surface area contributed by atoms with Crippen molar-refractivity contribution in [3.05, 3.63) is 138 Å². The molecule has 0 bridgehead atoms. The van der Waals surface area contributed by atoms with E-state index >= 15 is 0 Å². The van der Waals surface area contributed by atoms with Crippen molar-refractivity contribution in [3.8, 4) is 56.4 Å². The van der Waals surface area contributed by atoms with Gasteiger partial charge >= 0.3 is 0 Å². The average Bonchev–Trinajstić information content (AvgIpc) is 3.54. The molecule has 3 nitrogen and oxygen atoms in total. The number of hydrogen-bond acceptors (Lipinski definition) is 3. The van der Waals surface area contributed by atoms with Crippen LogP contribution in [0.15, 0.2) is 115 Å². The molecule has 0 saturated heterocycles. The molecule has 0 radical (unpaired) electrons. The first-order chi connectivity index (χ1) is 23.5. The van der Waals surface area contributed by atoms with Gasteiger partial charge in [-0.3, -0.25) is 0 Å². The Balaban J connectivity index is 1.25. The topological polar surface area (TPSA) is 38.7 Å². The van der Waals surface area contributed by atoms with Crippen LogP contribution >= 0.6 is 0 Å². The van der Waals surface area contributed by atoms with E-state index in [-0.39, 0.29) is 18.3 Å². The third-order valence-electron chi connectivity index (χ3n) is 9.95. The Morgan fingerprint density at radius 2 is 0.956 bits per heavy atom. The molecule has 1 saturated carbocycles. The maximum Gasteiger partial charge on any atom is 0.164 e. The number of rotatable bonds is 3. The van der Waals surface area contributed by atoms with Crippen molar-refractivity contribution in [2.45, 2.75) is 56.7 Å². The summed E-state index contributed by atoms with van der Waals surface area (Å²) < 4.78 is 37.5. The normalized spacial score (nSPS) is 20.1. The number of nitrogens with zero attached hydrogens (tertiary/aromatic N) is 3. The molecule has 9 rings (SSSR count). The SMILES string of the molecule is [2H]C1([2H])CCCC([2H])([2H])C12c1ccccc1-c1ccc(-c3nc(-c4ccccc4)nc(-c4ccc5c(c4)C(C)(C)c4ccccc4-5)n3)cc12. The van der Waals surface area contributed by atoms with Crippen molar-refractivity contribution in [1.29, 1.82) is 0 Å². The van der Waals surface area contributed by atoms with Crippen LogP contribution in [0.4, 0.5) is 0 Å². The summed E-state index contributed by atoms with van der Waals surface area (Å²) in [7, 11) is 0. The van der Waals surface area contributed by atoms with Gasteiger partial charge in [0.2, 0.25) is 0 Å². The first kappa shape index (κ1) is 22.6. The lowest BCUT2D eigenvalue weighted by Crippen LogP contribution is -2.28. The van der Waals surface area contributed by atoms with Crippen molar-refractivity contribution >= 4 is 0 Å².